The highest BCUT2D eigenvalue weighted by Crippen LogP contribution is 2.32. The Morgan fingerprint density at radius 1 is 1.17 bits per heavy atom. The van der Waals surface area contributed by atoms with Crippen LogP contribution in [-0.4, -0.2) is 37.2 Å². The highest BCUT2D eigenvalue weighted by atomic mass is 35.5. The number of hydrogen-bond acceptors (Lipinski definition) is 4. The zero-order chi connectivity index (χ0) is 21.8. The van der Waals surface area contributed by atoms with E-state index in [0.29, 0.717) is 22.0 Å². The van der Waals surface area contributed by atoms with E-state index in [1.54, 1.807) is 38.2 Å². The SMILES string of the molecule is CCOC(=O)C1=C(COc2cccc(C)c2C)N(C)C(=O)N[C@@H]1c1ccc(Cl)cc1. The summed E-state index contributed by atoms with van der Waals surface area (Å²) in [5.74, 6) is 0.206. The number of ether oxygens (including phenoxy) is 2. The fourth-order valence-corrected chi connectivity index (χ4v) is 3.44. The van der Waals surface area contributed by atoms with Crippen LogP contribution in [0.5, 0.6) is 5.75 Å². The van der Waals surface area contributed by atoms with Crippen molar-refractivity contribution >= 4 is 23.6 Å². The van der Waals surface area contributed by atoms with Crippen molar-refractivity contribution in [3.8, 4) is 5.75 Å². The number of carbonyl (C=O) groups is 2. The highest BCUT2D eigenvalue weighted by Gasteiger charge is 2.37. The van der Waals surface area contributed by atoms with Gasteiger partial charge < -0.3 is 14.8 Å². The second-order valence-corrected chi connectivity index (χ2v) is 7.50. The number of hydrogen-bond donors (Lipinski definition) is 1. The van der Waals surface area contributed by atoms with Crippen LogP contribution in [0.1, 0.15) is 29.7 Å². The molecule has 0 radical (unpaired) electrons. The molecule has 2 aromatic carbocycles. The Bertz CT molecular complexity index is 985. The number of aryl methyl sites for hydroxylation is 1. The minimum Gasteiger partial charge on any atom is -0.487 e. The molecule has 1 atom stereocenters. The second-order valence-electron chi connectivity index (χ2n) is 7.06. The van der Waals surface area contributed by atoms with Gasteiger partial charge in [0.1, 0.15) is 12.4 Å². The van der Waals surface area contributed by atoms with Crippen LogP contribution in [0.25, 0.3) is 0 Å². The fraction of sp³-hybridized carbons (Fsp3) is 0.304. The first-order valence-corrected chi connectivity index (χ1v) is 10.1. The van der Waals surface area contributed by atoms with Crippen molar-refractivity contribution in [2.75, 3.05) is 20.3 Å². The number of likely N-dealkylation sites (N-methyl/N-ethyl adjacent to an activating group) is 1. The van der Waals surface area contributed by atoms with Crippen molar-refractivity contribution in [1.82, 2.24) is 10.2 Å². The van der Waals surface area contributed by atoms with Gasteiger partial charge in [-0.2, -0.15) is 0 Å². The Hall–Kier alpha value is -2.99. The van der Waals surface area contributed by atoms with Crippen LogP contribution in [-0.2, 0) is 9.53 Å². The van der Waals surface area contributed by atoms with Crippen molar-refractivity contribution in [1.29, 1.82) is 0 Å². The molecule has 3 rings (SSSR count). The van der Waals surface area contributed by atoms with E-state index in [4.69, 9.17) is 21.1 Å². The molecule has 0 saturated carbocycles. The first kappa shape index (κ1) is 21.7. The average molecular weight is 429 g/mol. The van der Waals surface area contributed by atoms with E-state index in [1.165, 1.54) is 4.90 Å². The van der Waals surface area contributed by atoms with Crippen LogP contribution < -0.4 is 10.1 Å². The minimum absolute atomic E-state index is 0.0481. The Morgan fingerprint density at radius 2 is 1.87 bits per heavy atom. The number of halogens is 1. The largest absolute Gasteiger partial charge is 0.487 e. The molecule has 0 aromatic heterocycles. The summed E-state index contributed by atoms with van der Waals surface area (Å²) in [6, 6.07) is 11.8. The molecule has 0 bridgehead atoms. The Kier molecular flexibility index (Phi) is 6.67. The standard InChI is InChI=1S/C23H25ClN2O4/c1-5-29-22(27)20-18(13-30-19-8-6-7-14(2)15(19)3)26(4)23(28)25-21(20)16-9-11-17(24)12-10-16/h6-12,21H,5,13H2,1-4H3,(H,25,28)/t21-/m1/s1. The van der Waals surface area contributed by atoms with Gasteiger partial charge in [-0.05, 0) is 55.7 Å². The predicted octanol–water partition coefficient (Wildman–Crippen LogP) is 4.55. The van der Waals surface area contributed by atoms with Gasteiger partial charge in [0.25, 0.3) is 0 Å². The maximum atomic E-state index is 12.9. The number of carbonyl (C=O) groups excluding carboxylic acids is 2. The molecule has 6 nitrogen and oxygen atoms in total. The van der Waals surface area contributed by atoms with Crippen LogP contribution in [0.3, 0.4) is 0 Å². The molecular formula is C23H25ClN2O4. The first-order valence-electron chi connectivity index (χ1n) is 9.72. The number of esters is 1. The zero-order valence-electron chi connectivity index (χ0n) is 17.5. The van der Waals surface area contributed by atoms with Crippen molar-refractivity contribution in [3.05, 3.63) is 75.4 Å². The lowest BCUT2D eigenvalue weighted by Crippen LogP contribution is -2.48. The van der Waals surface area contributed by atoms with E-state index in [-0.39, 0.29) is 19.2 Å². The molecule has 0 fully saturated rings. The van der Waals surface area contributed by atoms with Gasteiger partial charge in [-0.3, -0.25) is 4.90 Å². The number of rotatable bonds is 6. The van der Waals surface area contributed by atoms with Gasteiger partial charge in [0, 0.05) is 12.1 Å². The van der Waals surface area contributed by atoms with E-state index >= 15 is 0 Å². The molecule has 1 heterocycles. The van der Waals surface area contributed by atoms with E-state index in [1.807, 2.05) is 32.0 Å². The summed E-state index contributed by atoms with van der Waals surface area (Å²) in [5.41, 5.74) is 3.63. The van der Waals surface area contributed by atoms with E-state index < -0.39 is 12.0 Å². The van der Waals surface area contributed by atoms with Crippen LogP contribution in [0, 0.1) is 13.8 Å². The topological polar surface area (TPSA) is 67.9 Å². The summed E-state index contributed by atoms with van der Waals surface area (Å²) in [6.07, 6.45) is 0. The van der Waals surface area contributed by atoms with Crippen LogP contribution in [0.15, 0.2) is 53.7 Å². The van der Waals surface area contributed by atoms with Gasteiger partial charge in [-0.1, -0.05) is 35.9 Å². The van der Waals surface area contributed by atoms with Crippen molar-refractivity contribution < 1.29 is 19.1 Å². The molecule has 1 aliphatic heterocycles. The molecule has 0 unspecified atom stereocenters. The van der Waals surface area contributed by atoms with Gasteiger partial charge in [0.2, 0.25) is 0 Å². The maximum Gasteiger partial charge on any atom is 0.338 e. The van der Waals surface area contributed by atoms with E-state index in [0.717, 1.165) is 16.7 Å². The molecule has 2 amide bonds. The fourth-order valence-electron chi connectivity index (χ4n) is 3.31. The average Bonchev–Trinajstić information content (AvgIpc) is 2.72. The smallest absolute Gasteiger partial charge is 0.338 e. The van der Waals surface area contributed by atoms with E-state index in [2.05, 4.69) is 5.32 Å². The Morgan fingerprint density at radius 3 is 2.53 bits per heavy atom. The van der Waals surface area contributed by atoms with Crippen LogP contribution >= 0.6 is 11.6 Å². The molecule has 7 heteroatoms. The third-order valence-electron chi connectivity index (χ3n) is 5.19. The van der Waals surface area contributed by atoms with Gasteiger partial charge in [-0.15, -0.1) is 0 Å². The van der Waals surface area contributed by atoms with E-state index in [9.17, 15) is 9.59 Å². The number of urea groups is 1. The number of benzene rings is 2. The summed E-state index contributed by atoms with van der Waals surface area (Å²) >= 11 is 6.01. The highest BCUT2D eigenvalue weighted by molar-refractivity contribution is 6.30. The normalized spacial score (nSPS) is 16.4. The van der Waals surface area contributed by atoms with Gasteiger partial charge in [-0.25, -0.2) is 9.59 Å². The molecular weight excluding hydrogens is 404 g/mol. The predicted molar refractivity (Wildman–Crippen MR) is 116 cm³/mol. The molecule has 158 valence electrons. The third kappa shape index (κ3) is 4.44. The Balaban J connectivity index is 2.04. The number of nitrogens with zero attached hydrogens (tertiary/aromatic N) is 1. The van der Waals surface area contributed by atoms with Crippen molar-refractivity contribution in [2.24, 2.45) is 0 Å². The molecule has 0 spiro atoms. The monoisotopic (exact) mass is 428 g/mol. The lowest BCUT2D eigenvalue weighted by molar-refractivity contribution is -0.139. The number of amides is 2. The zero-order valence-corrected chi connectivity index (χ0v) is 18.2. The summed E-state index contributed by atoms with van der Waals surface area (Å²) in [4.78, 5) is 27.0. The number of nitrogens with one attached hydrogen (secondary N) is 1. The van der Waals surface area contributed by atoms with Crippen LogP contribution in [0.4, 0.5) is 4.79 Å². The maximum absolute atomic E-state index is 12.9. The molecule has 30 heavy (non-hydrogen) atoms. The summed E-state index contributed by atoms with van der Waals surface area (Å²) < 4.78 is 11.3. The lowest BCUT2D eigenvalue weighted by atomic mass is 9.95. The van der Waals surface area contributed by atoms with Gasteiger partial charge in [0.05, 0.1) is 23.9 Å². The molecule has 1 aliphatic rings. The Labute approximate surface area is 181 Å². The van der Waals surface area contributed by atoms with Crippen LogP contribution in [0.2, 0.25) is 5.02 Å². The second kappa shape index (κ2) is 9.22. The summed E-state index contributed by atoms with van der Waals surface area (Å²) in [6.45, 7) is 5.99. The van der Waals surface area contributed by atoms with Crippen molar-refractivity contribution in [3.63, 3.8) is 0 Å². The summed E-state index contributed by atoms with van der Waals surface area (Å²) in [5, 5.41) is 3.44. The molecule has 0 saturated heterocycles. The quantitative estimate of drug-likeness (QED) is 0.685. The summed E-state index contributed by atoms with van der Waals surface area (Å²) in [7, 11) is 1.61. The lowest BCUT2D eigenvalue weighted by Gasteiger charge is -2.34. The minimum atomic E-state index is -0.665. The molecule has 1 N–H and O–H groups in total. The first-order chi connectivity index (χ1) is 14.3. The molecule has 0 aliphatic carbocycles. The molecule has 2 aromatic rings. The van der Waals surface area contributed by atoms with Gasteiger partial charge >= 0.3 is 12.0 Å². The van der Waals surface area contributed by atoms with Crippen molar-refractivity contribution in [2.45, 2.75) is 26.8 Å². The van der Waals surface area contributed by atoms with Gasteiger partial charge in [0.15, 0.2) is 0 Å². The third-order valence-corrected chi connectivity index (χ3v) is 5.45.